The molecule has 0 amide bonds. The number of furan rings is 1. The van der Waals surface area contributed by atoms with Gasteiger partial charge in [0.2, 0.25) is 0 Å². The molecule has 0 aliphatic heterocycles. The Bertz CT molecular complexity index is 511. The van der Waals surface area contributed by atoms with Crippen LogP contribution < -0.4 is 5.32 Å². The molecule has 5 heteroatoms. The van der Waals surface area contributed by atoms with Gasteiger partial charge in [-0.15, -0.1) is 0 Å². The lowest BCUT2D eigenvalue weighted by Crippen LogP contribution is -2.35. The molecule has 2 rings (SSSR count). The van der Waals surface area contributed by atoms with Crippen molar-refractivity contribution in [2.24, 2.45) is 0 Å². The van der Waals surface area contributed by atoms with Crippen LogP contribution in [0.5, 0.6) is 0 Å². The monoisotopic (exact) mass is 277 g/mol. The average molecular weight is 277 g/mol. The summed E-state index contributed by atoms with van der Waals surface area (Å²) in [4.78, 5) is 2.16. The van der Waals surface area contributed by atoms with Crippen LogP contribution in [0.15, 0.2) is 33.6 Å². The standard InChI is InChI=1S/C15H23N3O2/c1-15(2,3)16-8-13-7-14(20-17-13)10-18(4)9-12-5-6-19-11-12/h5-7,11,16H,8-10H2,1-4H3. The van der Waals surface area contributed by atoms with Crippen LogP contribution in [0.4, 0.5) is 0 Å². The number of hydrogen-bond donors (Lipinski definition) is 1. The van der Waals surface area contributed by atoms with E-state index in [9.17, 15) is 0 Å². The van der Waals surface area contributed by atoms with Crippen molar-refractivity contribution < 1.29 is 8.94 Å². The van der Waals surface area contributed by atoms with Gasteiger partial charge < -0.3 is 14.3 Å². The molecule has 0 aliphatic rings. The summed E-state index contributed by atoms with van der Waals surface area (Å²) in [5.41, 5.74) is 2.17. The fourth-order valence-electron chi connectivity index (χ4n) is 1.89. The van der Waals surface area contributed by atoms with Crippen molar-refractivity contribution in [2.45, 2.75) is 45.9 Å². The maximum atomic E-state index is 5.36. The molecule has 0 unspecified atom stereocenters. The molecule has 2 aromatic heterocycles. The zero-order valence-corrected chi connectivity index (χ0v) is 12.6. The van der Waals surface area contributed by atoms with Crippen LogP contribution >= 0.6 is 0 Å². The minimum Gasteiger partial charge on any atom is -0.472 e. The Morgan fingerprint density at radius 3 is 2.75 bits per heavy atom. The van der Waals surface area contributed by atoms with Crippen molar-refractivity contribution in [3.63, 3.8) is 0 Å². The summed E-state index contributed by atoms with van der Waals surface area (Å²) in [7, 11) is 2.04. The van der Waals surface area contributed by atoms with E-state index in [2.05, 4.69) is 36.1 Å². The fourth-order valence-corrected chi connectivity index (χ4v) is 1.89. The van der Waals surface area contributed by atoms with E-state index in [-0.39, 0.29) is 5.54 Å². The minimum absolute atomic E-state index is 0.0805. The van der Waals surface area contributed by atoms with Gasteiger partial charge in [0.1, 0.15) is 0 Å². The molecule has 1 N–H and O–H groups in total. The van der Waals surface area contributed by atoms with Gasteiger partial charge in [-0.05, 0) is 33.9 Å². The summed E-state index contributed by atoms with van der Waals surface area (Å²) >= 11 is 0. The Morgan fingerprint density at radius 1 is 1.30 bits per heavy atom. The van der Waals surface area contributed by atoms with E-state index < -0.39 is 0 Å². The van der Waals surface area contributed by atoms with E-state index in [1.807, 2.05) is 19.2 Å². The van der Waals surface area contributed by atoms with Crippen LogP contribution in [0.3, 0.4) is 0 Å². The third-order valence-electron chi connectivity index (χ3n) is 2.87. The summed E-state index contributed by atoms with van der Waals surface area (Å²) in [6.45, 7) is 8.67. The van der Waals surface area contributed by atoms with Gasteiger partial charge in [0.25, 0.3) is 0 Å². The predicted octanol–water partition coefficient (Wildman–Crippen LogP) is 2.79. The van der Waals surface area contributed by atoms with Gasteiger partial charge in [0.05, 0.1) is 24.8 Å². The van der Waals surface area contributed by atoms with Crippen molar-refractivity contribution in [1.29, 1.82) is 0 Å². The highest BCUT2D eigenvalue weighted by Crippen LogP contribution is 2.11. The first kappa shape index (κ1) is 14.8. The lowest BCUT2D eigenvalue weighted by Gasteiger charge is -2.19. The lowest BCUT2D eigenvalue weighted by molar-refractivity contribution is 0.264. The van der Waals surface area contributed by atoms with E-state index in [0.29, 0.717) is 0 Å². The molecule has 0 bridgehead atoms. The summed E-state index contributed by atoms with van der Waals surface area (Å²) in [6.07, 6.45) is 3.45. The van der Waals surface area contributed by atoms with Gasteiger partial charge in [-0.2, -0.15) is 0 Å². The molecule has 110 valence electrons. The average Bonchev–Trinajstić information content (AvgIpc) is 2.97. The van der Waals surface area contributed by atoms with E-state index >= 15 is 0 Å². The number of rotatable bonds is 6. The highest BCUT2D eigenvalue weighted by Gasteiger charge is 2.12. The zero-order chi connectivity index (χ0) is 14.6. The third kappa shape index (κ3) is 4.83. The van der Waals surface area contributed by atoms with E-state index in [1.165, 1.54) is 0 Å². The number of nitrogens with zero attached hydrogens (tertiary/aromatic N) is 2. The van der Waals surface area contributed by atoms with E-state index in [0.717, 1.165) is 36.7 Å². The highest BCUT2D eigenvalue weighted by molar-refractivity contribution is 5.07. The molecule has 2 heterocycles. The third-order valence-corrected chi connectivity index (χ3v) is 2.87. The maximum absolute atomic E-state index is 5.36. The molecular weight excluding hydrogens is 254 g/mol. The van der Waals surface area contributed by atoms with Crippen LogP contribution in [0.25, 0.3) is 0 Å². The molecule has 2 aromatic rings. The topological polar surface area (TPSA) is 54.4 Å². The Morgan fingerprint density at radius 2 is 2.10 bits per heavy atom. The normalized spacial score (nSPS) is 12.2. The Labute approximate surface area is 119 Å². The van der Waals surface area contributed by atoms with Crippen molar-refractivity contribution in [1.82, 2.24) is 15.4 Å². The second-order valence-electron chi connectivity index (χ2n) is 6.19. The molecular formula is C15H23N3O2. The van der Waals surface area contributed by atoms with Gasteiger partial charge in [-0.25, -0.2) is 0 Å². The second-order valence-corrected chi connectivity index (χ2v) is 6.19. The van der Waals surface area contributed by atoms with Crippen molar-refractivity contribution in [3.8, 4) is 0 Å². The van der Waals surface area contributed by atoms with Gasteiger partial charge in [0.15, 0.2) is 5.76 Å². The van der Waals surface area contributed by atoms with Crippen molar-refractivity contribution in [2.75, 3.05) is 7.05 Å². The van der Waals surface area contributed by atoms with Crippen LogP contribution in [0.2, 0.25) is 0 Å². The van der Waals surface area contributed by atoms with E-state index in [1.54, 1.807) is 12.5 Å². The Hall–Kier alpha value is -1.59. The van der Waals surface area contributed by atoms with Gasteiger partial charge in [-0.3, -0.25) is 4.90 Å². The van der Waals surface area contributed by atoms with Gasteiger partial charge in [-0.1, -0.05) is 5.16 Å². The van der Waals surface area contributed by atoms with Crippen LogP contribution in [-0.2, 0) is 19.6 Å². The number of nitrogens with one attached hydrogen (secondary N) is 1. The molecule has 5 nitrogen and oxygen atoms in total. The molecule has 0 spiro atoms. The fraction of sp³-hybridized carbons (Fsp3) is 0.533. The Kier molecular flexibility index (Phi) is 4.62. The molecule has 0 aromatic carbocycles. The first-order chi connectivity index (χ1) is 9.42. The molecule has 20 heavy (non-hydrogen) atoms. The zero-order valence-electron chi connectivity index (χ0n) is 12.6. The molecule has 0 saturated heterocycles. The molecule has 0 aliphatic carbocycles. The summed E-state index contributed by atoms with van der Waals surface area (Å²) < 4.78 is 10.4. The molecule has 0 saturated carbocycles. The van der Waals surface area contributed by atoms with E-state index in [4.69, 9.17) is 8.94 Å². The predicted molar refractivity (Wildman–Crippen MR) is 77.0 cm³/mol. The summed E-state index contributed by atoms with van der Waals surface area (Å²) in [5, 5.41) is 7.48. The Balaban J connectivity index is 1.83. The van der Waals surface area contributed by atoms with Crippen molar-refractivity contribution >= 4 is 0 Å². The number of aromatic nitrogens is 1. The molecule has 0 fully saturated rings. The van der Waals surface area contributed by atoms with Crippen LogP contribution in [0, 0.1) is 0 Å². The highest BCUT2D eigenvalue weighted by atomic mass is 16.5. The SMILES string of the molecule is CN(Cc1ccoc1)Cc1cc(CNC(C)(C)C)no1. The van der Waals surface area contributed by atoms with Crippen LogP contribution in [0.1, 0.15) is 37.8 Å². The molecule has 0 atom stereocenters. The van der Waals surface area contributed by atoms with Gasteiger partial charge >= 0.3 is 0 Å². The minimum atomic E-state index is 0.0805. The quantitative estimate of drug-likeness (QED) is 0.880. The second kappa shape index (κ2) is 6.24. The lowest BCUT2D eigenvalue weighted by atomic mass is 10.1. The summed E-state index contributed by atoms with van der Waals surface area (Å²) in [6, 6.07) is 3.97. The number of hydrogen-bond acceptors (Lipinski definition) is 5. The van der Waals surface area contributed by atoms with Gasteiger partial charge in [0, 0.05) is 30.3 Å². The summed E-state index contributed by atoms with van der Waals surface area (Å²) in [5.74, 6) is 0.877. The smallest absolute Gasteiger partial charge is 0.151 e. The first-order valence-corrected chi connectivity index (χ1v) is 6.81. The first-order valence-electron chi connectivity index (χ1n) is 6.81. The van der Waals surface area contributed by atoms with Crippen LogP contribution in [-0.4, -0.2) is 22.6 Å². The largest absolute Gasteiger partial charge is 0.472 e. The molecule has 0 radical (unpaired) electrons. The van der Waals surface area contributed by atoms with Crippen molar-refractivity contribution in [3.05, 3.63) is 41.7 Å². The maximum Gasteiger partial charge on any atom is 0.151 e.